The first-order valence-corrected chi connectivity index (χ1v) is 7.66. The van der Waals surface area contributed by atoms with E-state index >= 15 is 0 Å². The van der Waals surface area contributed by atoms with Gasteiger partial charge in [0.25, 0.3) is 5.91 Å². The van der Waals surface area contributed by atoms with Crippen molar-refractivity contribution in [3.05, 3.63) is 63.6 Å². The van der Waals surface area contributed by atoms with Crippen LogP contribution in [0.2, 0.25) is 5.02 Å². The summed E-state index contributed by atoms with van der Waals surface area (Å²) < 4.78 is 5.91. The summed E-state index contributed by atoms with van der Waals surface area (Å²) in [6.45, 7) is 1.50. The van der Waals surface area contributed by atoms with Crippen LogP contribution in [0.4, 0.5) is 5.69 Å². The van der Waals surface area contributed by atoms with Crippen molar-refractivity contribution in [3.63, 3.8) is 0 Å². The molecule has 0 aliphatic heterocycles. The number of hydrogen-bond acceptors (Lipinski definition) is 3. The fraction of sp³-hybridized carbons (Fsp3) is 0.125. The highest BCUT2D eigenvalue weighted by molar-refractivity contribution is 9.10. The van der Waals surface area contributed by atoms with Gasteiger partial charge in [-0.3, -0.25) is 4.79 Å². The average Bonchev–Trinajstić information content (AvgIpc) is 2.49. The lowest BCUT2D eigenvalue weighted by Crippen LogP contribution is -2.30. The van der Waals surface area contributed by atoms with Crippen LogP contribution >= 0.6 is 27.5 Å². The summed E-state index contributed by atoms with van der Waals surface area (Å²) in [5, 5.41) is 3.04. The van der Waals surface area contributed by atoms with E-state index < -0.39 is 18.0 Å². The van der Waals surface area contributed by atoms with Crippen LogP contribution in [0.25, 0.3) is 0 Å². The van der Waals surface area contributed by atoms with Crippen LogP contribution in [0, 0.1) is 0 Å². The quantitative estimate of drug-likeness (QED) is 0.803. The highest BCUT2D eigenvalue weighted by Crippen LogP contribution is 2.21. The molecule has 0 fully saturated rings. The second kappa shape index (κ2) is 7.42. The van der Waals surface area contributed by atoms with Crippen LogP contribution in [-0.2, 0) is 9.53 Å². The fourth-order valence-corrected chi connectivity index (χ4v) is 2.28. The number of anilines is 1. The van der Waals surface area contributed by atoms with E-state index in [4.69, 9.17) is 16.3 Å². The Hall–Kier alpha value is -1.85. The molecule has 0 saturated heterocycles. The summed E-state index contributed by atoms with van der Waals surface area (Å²) in [6.07, 6.45) is -0.942. The predicted molar refractivity (Wildman–Crippen MR) is 89.1 cm³/mol. The second-order valence-corrected chi connectivity index (χ2v) is 5.85. The number of esters is 1. The molecule has 0 bridgehead atoms. The number of carbonyl (C=O) groups excluding carboxylic acids is 2. The van der Waals surface area contributed by atoms with Crippen molar-refractivity contribution in [2.45, 2.75) is 13.0 Å². The second-order valence-electron chi connectivity index (χ2n) is 4.53. The third-order valence-corrected chi connectivity index (χ3v) is 3.67. The van der Waals surface area contributed by atoms with Crippen molar-refractivity contribution in [3.8, 4) is 0 Å². The lowest BCUT2D eigenvalue weighted by Gasteiger charge is -2.14. The third-order valence-electron chi connectivity index (χ3n) is 2.85. The number of para-hydroxylation sites is 1. The summed E-state index contributed by atoms with van der Waals surface area (Å²) in [6, 6.07) is 13.6. The molecule has 0 saturated carbocycles. The van der Waals surface area contributed by atoms with Gasteiger partial charge in [0.1, 0.15) is 0 Å². The Kier molecular flexibility index (Phi) is 5.57. The van der Waals surface area contributed by atoms with Crippen molar-refractivity contribution in [2.75, 3.05) is 5.32 Å². The summed E-state index contributed by atoms with van der Waals surface area (Å²) in [7, 11) is 0. The minimum absolute atomic E-state index is 0.367. The maximum atomic E-state index is 12.0. The molecular weight excluding hydrogens is 370 g/mol. The number of ether oxygens (including phenoxy) is 1. The first-order chi connectivity index (χ1) is 10.5. The van der Waals surface area contributed by atoms with Crippen molar-refractivity contribution >= 4 is 45.1 Å². The Labute approximate surface area is 141 Å². The molecule has 2 aromatic carbocycles. The largest absolute Gasteiger partial charge is 0.449 e. The summed E-state index contributed by atoms with van der Waals surface area (Å²) in [5.74, 6) is -1.01. The van der Waals surface area contributed by atoms with Gasteiger partial charge in [0.2, 0.25) is 0 Å². The summed E-state index contributed by atoms with van der Waals surface area (Å²) in [4.78, 5) is 24.0. The van der Waals surface area contributed by atoms with Gasteiger partial charge in [-0.15, -0.1) is 0 Å². The van der Waals surface area contributed by atoms with Crippen LogP contribution in [0.1, 0.15) is 17.3 Å². The third kappa shape index (κ3) is 4.32. The first kappa shape index (κ1) is 16.5. The van der Waals surface area contributed by atoms with E-state index in [2.05, 4.69) is 21.2 Å². The average molecular weight is 383 g/mol. The van der Waals surface area contributed by atoms with Crippen LogP contribution in [-0.4, -0.2) is 18.0 Å². The summed E-state index contributed by atoms with van der Waals surface area (Å²) >= 11 is 9.24. The monoisotopic (exact) mass is 381 g/mol. The Morgan fingerprint density at radius 3 is 2.59 bits per heavy atom. The number of amides is 1. The Balaban J connectivity index is 1.99. The fourth-order valence-electron chi connectivity index (χ4n) is 1.69. The van der Waals surface area contributed by atoms with Gasteiger partial charge in [-0.05, 0) is 37.3 Å². The van der Waals surface area contributed by atoms with Gasteiger partial charge in [0.05, 0.1) is 16.3 Å². The molecule has 2 aromatic rings. The lowest BCUT2D eigenvalue weighted by atomic mass is 10.2. The minimum atomic E-state index is -0.942. The number of benzene rings is 2. The van der Waals surface area contributed by atoms with E-state index in [-0.39, 0.29) is 0 Å². The minimum Gasteiger partial charge on any atom is -0.449 e. The number of halogens is 2. The topological polar surface area (TPSA) is 55.4 Å². The van der Waals surface area contributed by atoms with Gasteiger partial charge in [-0.2, -0.15) is 0 Å². The molecule has 0 heterocycles. The van der Waals surface area contributed by atoms with Gasteiger partial charge in [-0.1, -0.05) is 45.7 Å². The highest BCUT2D eigenvalue weighted by atomic mass is 79.9. The number of hydrogen-bond donors (Lipinski definition) is 1. The highest BCUT2D eigenvalue weighted by Gasteiger charge is 2.19. The van der Waals surface area contributed by atoms with Crippen molar-refractivity contribution in [2.24, 2.45) is 0 Å². The zero-order valence-corrected chi connectivity index (χ0v) is 14.0. The van der Waals surface area contributed by atoms with Gasteiger partial charge in [0.15, 0.2) is 6.10 Å². The van der Waals surface area contributed by atoms with Crippen LogP contribution in [0.15, 0.2) is 53.0 Å². The van der Waals surface area contributed by atoms with Gasteiger partial charge in [-0.25, -0.2) is 4.79 Å². The molecule has 0 radical (unpaired) electrons. The van der Waals surface area contributed by atoms with E-state index in [1.165, 1.54) is 6.92 Å². The zero-order chi connectivity index (χ0) is 16.1. The van der Waals surface area contributed by atoms with E-state index in [0.29, 0.717) is 16.3 Å². The number of carbonyl (C=O) groups is 2. The standard InChI is InChI=1S/C16H13BrClNO3/c1-10(15(20)19-14-8-3-2-7-13(14)18)22-16(21)11-5-4-6-12(17)9-11/h2-10H,1H3,(H,19,20)/t10-/m0/s1. The predicted octanol–water partition coefficient (Wildman–Crippen LogP) is 4.29. The van der Waals surface area contributed by atoms with Crippen molar-refractivity contribution in [1.82, 2.24) is 0 Å². The molecule has 0 aliphatic carbocycles. The Morgan fingerprint density at radius 2 is 1.91 bits per heavy atom. The first-order valence-electron chi connectivity index (χ1n) is 6.49. The van der Waals surface area contributed by atoms with Crippen molar-refractivity contribution < 1.29 is 14.3 Å². The molecule has 6 heteroatoms. The molecular formula is C16H13BrClNO3. The molecule has 2 rings (SSSR count). The lowest BCUT2D eigenvalue weighted by molar-refractivity contribution is -0.123. The number of rotatable bonds is 4. The molecule has 0 spiro atoms. The van der Waals surface area contributed by atoms with Crippen LogP contribution < -0.4 is 5.32 Å². The molecule has 4 nitrogen and oxygen atoms in total. The Bertz CT molecular complexity index is 705. The molecule has 1 atom stereocenters. The van der Waals surface area contributed by atoms with E-state index in [1.54, 1.807) is 48.5 Å². The maximum Gasteiger partial charge on any atom is 0.338 e. The smallest absolute Gasteiger partial charge is 0.338 e. The van der Waals surface area contributed by atoms with Crippen molar-refractivity contribution in [1.29, 1.82) is 0 Å². The zero-order valence-electron chi connectivity index (χ0n) is 11.7. The normalized spacial score (nSPS) is 11.6. The molecule has 22 heavy (non-hydrogen) atoms. The molecule has 0 aliphatic rings. The van der Waals surface area contributed by atoms with Gasteiger partial charge >= 0.3 is 5.97 Å². The molecule has 114 valence electrons. The number of nitrogens with one attached hydrogen (secondary N) is 1. The van der Waals surface area contributed by atoms with E-state index in [0.717, 1.165) is 4.47 Å². The SMILES string of the molecule is C[C@H](OC(=O)c1cccc(Br)c1)C(=O)Nc1ccccc1Cl. The van der Waals surface area contributed by atoms with Gasteiger partial charge < -0.3 is 10.1 Å². The maximum absolute atomic E-state index is 12.0. The molecule has 0 unspecified atom stereocenters. The van der Waals surface area contributed by atoms with E-state index in [1.807, 2.05) is 0 Å². The Morgan fingerprint density at radius 1 is 1.18 bits per heavy atom. The molecule has 1 N–H and O–H groups in total. The molecule has 1 amide bonds. The van der Waals surface area contributed by atoms with Crippen LogP contribution in [0.5, 0.6) is 0 Å². The van der Waals surface area contributed by atoms with Crippen LogP contribution in [0.3, 0.4) is 0 Å². The van der Waals surface area contributed by atoms with E-state index in [9.17, 15) is 9.59 Å². The summed E-state index contributed by atoms with van der Waals surface area (Å²) in [5.41, 5.74) is 0.839. The van der Waals surface area contributed by atoms with Gasteiger partial charge in [0, 0.05) is 4.47 Å². The molecule has 0 aromatic heterocycles.